The predicted molar refractivity (Wildman–Crippen MR) is 269 cm³/mol. The zero-order valence-corrected chi connectivity index (χ0v) is 43.7. The van der Waals surface area contributed by atoms with E-state index in [2.05, 4.69) is 218 Å². The molecule has 0 bridgehead atoms. The zero-order valence-electron chi connectivity index (χ0n) is 36.7. The molecule has 7 aromatic rings. The number of halogens is 2. The van der Waals surface area contributed by atoms with Crippen LogP contribution in [0.2, 0.25) is 0 Å². The Morgan fingerprint density at radius 3 is 0.909 bits per heavy atom. The monoisotopic (exact) mass is 1140 g/mol. The first-order chi connectivity index (χ1) is 30.4. The fourth-order valence-corrected chi connectivity index (χ4v) is 11.7. The molecule has 8 nitrogen and oxygen atoms in total. The number of aryl methyl sites for hydroxylation is 2. The molecule has 3 N–H and O–H groups in total. The molecule has 0 saturated carbocycles. The van der Waals surface area contributed by atoms with E-state index in [0.717, 1.165) is 16.8 Å². The molecule has 0 aliphatic heterocycles. The van der Waals surface area contributed by atoms with E-state index >= 15 is 0 Å². The van der Waals surface area contributed by atoms with E-state index in [0.29, 0.717) is 0 Å². The van der Waals surface area contributed by atoms with Gasteiger partial charge in [0.15, 0.2) is 0 Å². The van der Waals surface area contributed by atoms with Gasteiger partial charge >= 0.3 is 39.0 Å². The Kier molecular flexibility index (Phi) is 48.7. The van der Waals surface area contributed by atoms with Crippen LogP contribution >= 0.6 is 15.8 Å². The van der Waals surface area contributed by atoms with Crippen molar-refractivity contribution in [3.8, 4) is 0 Å². The van der Waals surface area contributed by atoms with Crippen LogP contribution in [-0.2, 0) is 64.7 Å². The fourth-order valence-electron chi connectivity index (χ4n) is 6.01. The second-order valence-electron chi connectivity index (χ2n) is 12.4. The van der Waals surface area contributed by atoms with Gasteiger partial charge in [-0.15, -0.1) is 18.7 Å². The van der Waals surface area contributed by atoms with Gasteiger partial charge in [0.1, 0.15) is 0 Å². The summed E-state index contributed by atoms with van der Waals surface area (Å²) < 4.78 is 0. The van der Waals surface area contributed by atoms with Gasteiger partial charge in [-0.1, -0.05) is 102 Å². The van der Waals surface area contributed by atoms with E-state index in [1.54, 1.807) is 6.20 Å². The van der Waals surface area contributed by atoms with Crippen LogP contribution in [0.4, 0.5) is 0 Å². The average molecular weight is 1140 g/mol. The molecule has 0 atom stereocenters. The average Bonchev–Trinajstić information content (AvgIpc) is 3.36. The molecule has 1 heterocycles. The van der Waals surface area contributed by atoms with Gasteiger partial charge < -0.3 is 61.2 Å². The molecule has 66 heavy (non-hydrogen) atoms. The second-order valence-corrected chi connectivity index (χ2v) is 17.2. The van der Waals surface area contributed by atoms with Gasteiger partial charge in [-0.2, -0.15) is 50.2 Å². The molecule has 1 aromatic heterocycles. The van der Waals surface area contributed by atoms with Crippen LogP contribution in [0, 0.1) is 27.7 Å². The molecule has 0 aliphatic carbocycles. The largest absolute Gasteiger partial charge is 5.00 e. The maximum atomic E-state index is 7.75. The third-order valence-electron chi connectivity index (χ3n) is 8.50. The minimum atomic E-state index is -1.00. The maximum absolute atomic E-state index is 7.75. The number of hydrogen-bond acceptors (Lipinski definition) is 5. The summed E-state index contributed by atoms with van der Waals surface area (Å²) in [5.41, 5.74) is 25.2. The van der Waals surface area contributed by atoms with Crippen molar-refractivity contribution in [2.24, 2.45) is 0 Å². The molecule has 0 aliphatic rings. The Morgan fingerprint density at radius 2 is 0.712 bits per heavy atom. The van der Waals surface area contributed by atoms with E-state index in [1.165, 1.54) is 43.0 Å². The second kappa shape index (κ2) is 45.6. The van der Waals surface area contributed by atoms with Gasteiger partial charge in [-0.25, -0.2) is 0 Å². The van der Waals surface area contributed by atoms with Crippen molar-refractivity contribution in [2.45, 2.75) is 20.4 Å². The van der Waals surface area contributed by atoms with Crippen molar-refractivity contribution in [2.75, 3.05) is 13.1 Å². The number of hydrogen-bond donors (Lipinski definition) is 0. The summed E-state index contributed by atoms with van der Waals surface area (Å²) in [6.07, 6.45) is 1.70. The van der Waals surface area contributed by atoms with Crippen molar-refractivity contribution in [1.29, 1.82) is 0 Å². The van der Waals surface area contributed by atoms with Crippen molar-refractivity contribution >= 4 is 74.8 Å². The van der Waals surface area contributed by atoms with E-state index < -0.39 is 15.8 Å². The molecule has 0 saturated heterocycles. The third-order valence-corrected chi connectivity index (χ3v) is 14.6. The summed E-state index contributed by atoms with van der Waals surface area (Å²) in [7, 11) is -2.00. The van der Waals surface area contributed by atoms with E-state index in [1.807, 2.05) is 18.2 Å². The number of carbonyl (C=O) groups excluding carboxylic acids is 4. The molecular weight excluding hydrogens is 1080 g/mol. The molecule has 0 unspecified atom stereocenters. The molecule has 7 rings (SSSR count). The number of aromatic nitrogens is 1. The summed E-state index contributed by atoms with van der Waals surface area (Å²) in [5.74, 6) is 0. The summed E-state index contributed by atoms with van der Waals surface area (Å²) in [4.78, 5) is 34.9. The van der Waals surface area contributed by atoms with Crippen molar-refractivity contribution in [1.82, 2.24) is 4.98 Å². The summed E-state index contributed by atoms with van der Waals surface area (Å²) >= 11 is 0. The zero-order chi connectivity index (χ0) is 46.5. The van der Waals surface area contributed by atoms with Gasteiger partial charge in [0, 0.05) is 22.5 Å². The van der Waals surface area contributed by atoms with Crippen LogP contribution < -0.4 is 56.6 Å². The molecule has 0 spiro atoms. The number of nitrogens with one attached hydrogen (secondary N) is 3. The van der Waals surface area contributed by atoms with Gasteiger partial charge in [-0.05, 0) is 74.5 Å². The summed E-state index contributed by atoms with van der Waals surface area (Å²) in [6, 6.07) is 61.7. The molecule has 14 heteroatoms. The van der Waals surface area contributed by atoms with Gasteiger partial charge in [0.25, 0.3) is 0 Å². The van der Waals surface area contributed by atoms with Gasteiger partial charge in [0.2, 0.25) is 0 Å². The first kappa shape index (κ1) is 70.5. The Balaban J connectivity index is -0.000000258. The van der Waals surface area contributed by atoms with Crippen molar-refractivity contribution in [3.05, 3.63) is 241 Å². The summed E-state index contributed by atoms with van der Waals surface area (Å²) in [6.45, 7) is 26.7. The quantitative estimate of drug-likeness (QED) is 0.0993. The first-order valence-corrected chi connectivity index (χ1v) is 22.0. The fraction of sp³-hybridized carbons (Fsp3) is 0.0962. The molecular formula is C52H55Cl2N4O4P2Ru2. The minimum absolute atomic E-state index is 0. The minimum Gasteiger partial charge on any atom is -1.00 e. The Labute approximate surface area is 434 Å². The predicted octanol–water partition coefficient (Wildman–Crippen LogP) is 2.97. The van der Waals surface area contributed by atoms with Crippen LogP contribution in [0.3, 0.4) is 0 Å². The number of nitrogens with zero attached hydrogens (tertiary/aromatic N) is 1. The van der Waals surface area contributed by atoms with Crippen molar-refractivity contribution < 1.29 is 82.9 Å². The summed E-state index contributed by atoms with van der Waals surface area (Å²) in [5, 5.41) is 8.47. The standard InChI is InChI=1S/2C20H18P.C6H7N2.C2H6N2.4CHO.2ClH.2Ru/c2*1-16-10-9-11-17(2)20(16)21(18-12-5-3-6-13-18)19-14-7-4-8-15-19;7-5-6-3-1-2-4-8-6;3-1-2-4;4*1-2;;;;/h2*3-15H,1H2,2H3;1-4,7H,5H2;3-4H,1-2H2;4*1H;2*1H;;/q3*-1;-2;4*-1;;;+4;+5. The first-order valence-electron chi connectivity index (χ1n) is 19.0. The number of benzene rings is 6. The van der Waals surface area contributed by atoms with E-state index in [9.17, 15) is 0 Å². The van der Waals surface area contributed by atoms with Gasteiger partial charge in [0.05, 0.1) is 37.1 Å². The Bertz CT molecular complexity index is 1920. The molecule has 6 aromatic carbocycles. The third kappa shape index (κ3) is 24.8. The van der Waals surface area contributed by atoms with E-state index in [4.69, 9.17) is 36.4 Å². The molecule has 1 radical (unpaired) electrons. The number of rotatable bonds is 8. The molecule has 0 amide bonds. The molecule has 0 fully saturated rings. The van der Waals surface area contributed by atoms with E-state index in [-0.39, 0.29) is 83.4 Å². The normalized spacial score (nSPS) is 8.65. The maximum Gasteiger partial charge on any atom is 5.00 e. The number of pyridine rings is 1. The Morgan fingerprint density at radius 1 is 0.439 bits per heavy atom. The van der Waals surface area contributed by atoms with Gasteiger partial charge in [-0.3, -0.25) is 32.1 Å². The Hall–Kier alpha value is -4.54. The topological polar surface area (TPSA) is 153 Å². The van der Waals surface area contributed by atoms with Crippen LogP contribution in [0.1, 0.15) is 27.9 Å². The van der Waals surface area contributed by atoms with Crippen molar-refractivity contribution in [3.63, 3.8) is 0 Å². The molecule has 347 valence electrons. The SMILES string of the molecule is [CH-]=O.[CH-]=O.[CH-]=O.[CH-]=O.[CH2-]c1cccc(C)c1[PH+](c1ccccc1)c1ccccc1.[CH2-]c1cccc(C)c1[PH+](c1ccccc1)c1ccccc1.[Cl-].[Cl-].[NH-]CC[NH-].[NH-]Cc1ccccn1.[Ru+4].[Ru+5]. The smallest absolute Gasteiger partial charge is 1.00 e. The van der Waals surface area contributed by atoms with Crippen LogP contribution in [0.15, 0.2) is 182 Å². The van der Waals surface area contributed by atoms with Crippen LogP contribution in [0.5, 0.6) is 0 Å². The van der Waals surface area contributed by atoms with Crippen LogP contribution in [-0.4, -0.2) is 45.2 Å². The van der Waals surface area contributed by atoms with Crippen LogP contribution in [0.25, 0.3) is 17.2 Å².